The monoisotopic (exact) mass is 322 g/mol. The molecule has 0 unspecified atom stereocenters. The highest BCUT2D eigenvalue weighted by Crippen LogP contribution is 2.33. The Hall–Kier alpha value is -2.69. The van der Waals surface area contributed by atoms with Gasteiger partial charge in [0.2, 0.25) is 0 Å². The molecule has 1 atom stereocenters. The fourth-order valence-corrected chi connectivity index (χ4v) is 3.74. The van der Waals surface area contributed by atoms with E-state index in [4.69, 9.17) is 0 Å². The van der Waals surface area contributed by atoms with Crippen LogP contribution in [-0.2, 0) is 12.8 Å². The van der Waals surface area contributed by atoms with Crippen molar-refractivity contribution in [3.05, 3.63) is 63.1 Å². The number of carbonyl (C=O) groups is 2. The summed E-state index contributed by atoms with van der Waals surface area (Å²) in [5.41, 5.74) is 2.73. The number of para-hydroxylation sites is 1. The van der Waals surface area contributed by atoms with Gasteiger partial charge in [0.15, 0.2) is 5.78 Å². The van der Waals surface area contributed by atoms with E-state index in [0.29, 0.717) is 24.1 Å². The van der Waals surface area contributed by atoms with Gasteiger partial charge in [0, 0.05) is 29.4 Å². The molecule has 0 spiro atoms. The number of Topliss-reactive ketones (excluding diaryl/α,β-unsaturated/α-hetero) is 1. The molecule has 0 fully saturated rings. The van der Waals surface area contributed by atoms with E-state index in [1.165, 1.54) is 6.07 Å². The number of nitrogens with zero attached hydrogens (tertiary/aromatic N) is 1. The van der Waals surface area contributed by atoms with Crippen LogP contribution in [0.3, 0.4) is 0 Å². The van der Waals surface area contributed by atoms with Crippen LogP contribution in [0.2, 0.25) is 0 Å². The van der Waals surface area contributed by atoms with Crippen molar-refractivity contribution in [2.75, 3.05) is 4.90 Å². The molecule has 5 nitrogen and oxygen atoms in total. The number of carbonyl (C=O) groups excluding carboxylic acids is 2. The molecule has 0 saturated heterocycles. The highest BCUT2D eigenvalue weighted by Gasteiger charge is 2.33. The molecular weight excluding hydrogens is 304 g/mol. The van der Waals surface area contributed by atoms with Gasteiger partial charge in [-0.25, -0.2) is 0 Å². The van der Waals surface area contributed by atoms with E-state index in [-0.39, 0.29) is 23.3 Å². The van der Waals surface area contributed by atoms with E-state index in [1.807, 2.05) is 31.2 Å². The second kappa shape index (κ2) is 5.44. The number of aromatic amines is 1. The van der Waals surface area contributed by atoms with Crippen LogP contribution in [0.15, 0.2) is 35.1 Å². The molecule has 5 heteroatoms. The van der Waals surface area contributed by atoms with Gasteiger partial charge in [0.05, 0.1) is 0 Å². The van der Waals surface area contributed by atoms with Crippen LogP contribution < -0.4 is 10.5 Å². The predicted molar refractivity (Wildman–Crippen MR) is 90.7 cm³/mol. The van der Waals surface area contributed by atoms with Crippen molar-refractivity contribution in [3.8, 4) is 0 Å². The Balaban J connectivity index is 1.80. The standard InChI is InChI=1S/C19H18N2O3/c1-11-9-12-5-2-3-7-16(12)21(11)19(24)14-10-13-15(20-18(14)23)6-4-8-17(13)22/h2-3,5,7,10-11H,4,6,8-9H2,1H3,(H,20,23)/t11-/m1/s1. The molecule has 2 aliphatic rings. The lowest BCUT2D eigenvalue weighted by molar-refractivity contribution is 0.0971. The van der Waals surface area contributed by atoms with Crippen LogP contribution in [0.5, 0.6) is 0 Å². The summed E-state index contributed by atoms with van der Waals surface area (Å²) < 4.78 is 0. The third kappa shape index (κ3) is 2.19. The first-order valence-electron chi connectivity index (χ1n) is 8.27. The summed E-state index contributed by atoms with van der Waals surface area (Å²) in [6.07, 6.45) is 2.65. The number of hydrogen-bond donors (Lipinski definition) is 1. The average molecular weight is 322 g/mol. The number of amides is 1. The smallest absolute Gasteiger partial charge is 0.264 e. The lowest BCUT2D eigenvalue weighted by Crippen LogP contribution is -2.39. The van der Waals surface area contributed by atoms with Crippen LogP contribution in [0.4, 0.5) is 5.69 Å². The number of benzene rings is 1. The second-order valence-electron chi connectivity index (χ2n) is 6.54. The molecule has 0 bridgehead atoms. The Kier molecular flexibility index (Phi) is 3.37. The van der Waals surface area contributed by atoms with Crippen LogP contribution >= 0.6 is 0 Å². The van der Waals surface area contributed by atoms with E-state index in [0.717, 1.165) is 24.1 Å². The Morgan fingerprint density at radius 1 is 1.21 bits per heavy atom. The van der Waals surface area contributed by atoms with Crippen LogP contribution in [0.25, 0.3) is 0 Å². The zero-order chi connectivity index (χ0) is 16.8. The first-order valence-corrected chi connectivity index (χ1v) is 8.27. The van der Waals surface area contributed by atoms with Gasteiger partial charge >= 0.3 is 0 Å². The van der Waals surface area contributed by atoms with Crippen molar-refractivity contribution >= 4 is 17.4 Å². The molecular formula is C19H18N2O3. The lowest BCUT2D eigenvalue weighted by atomic mass is 9.93. The highest BCUT2D eigenvalue weighted by atomic mass is 16.2. The van der Waals surface area contributed by atoms with Crippen molar-refractivity contribution in [2.24, 2.45) is 0 Å². The molecule has 1 aromatic carbocycles. The second-order valence-corrected chi connectivity index (χ2v) is 6.54. The summed E-state index contributed by atoms with van der Waals surface area (Å²) in [5, 5.41) is 0. The maximum atomic E-state index is 13.0. The first kappa shape index (κ1) is 14.9. The van der Waals surface area contributed by atoms with Gasteiger partial charge in [0.25, 0.3) is 11.5 Å². The van der Waals surface area contributed by atoms with Crippen LogP contribution in [0.1, 0.15) is 51.7 Å². The number of nitrogens with one attached hydrogen (secondary N) is 1. The Bertz CT molecular complexity index is 913. The van der Waals surface area contributed by atoms with Crippen molar-refractivity contribution in [1.29, 1.82) is 0 Å². The van der Waals surface area contributed by atoms with Gasteiger partial charge in [-0.05, 0) is 43.9 Å². The third-order valence-electron chi connectivity index (χ3n) is 4.91. The first-order chi connectivity index (χ1) is 11.6. The number of H-pyrrole nitrogens is 1. The van der Waals surface area contributed by atoms with Crippen molar-refractivity contribution < 1.29 is 9.59 Å². The van der Waals surface area contributed by atoms with Crippen molar-refractivity contribution in [3.63, 3.8) is 0 Å². The fourth-order valence-electron chi connectivity index (χ4n) is 3.74. The highest BCUT2D eigenvalue weighted by molar-refractivity contribution is 6.09. The summed E-state index contributed by atoms with van der Waals surface area (Å²) in [5.74, 6) is -0.341. The quantitative estimate of drug-likeness (QED) is 0.877. The zero-order valence-corrected chi connectivity index (χ0v) is 13.5. The SMILES string of the molecule is C[C@@H]1Cc2ccccc2N1C(=O)c1cc2c([nH]c1=O)CCCC2=O. The number of hydrogen-bond acceptors (Lipinski definition) is 3. The molecule has 1 aromatic heterocycles. The Labute approximate surface area is 139 Å². The average Bonchev–Trinajstić information content (AvgIpc) is 2.89. The molecule has 1 aliphatic carbocycles. The molecule has 122 valence electrons. The topological polar surface area (TPSA) is 70.2 Å². The molecule has 1 aliphatic heterocycles. The number of ketones is 1. The summed E-state index contributed by atoms with van der Waals surface area (Å²) >= 11 is 0. The largest absolute Gasteiger partial charge is 0.325 e. The van der Waals surface area contributed by atoms with E-state index in [9.17, 15) is 14.4 Å². The Morgan fingerprint density at radius 2 is 2.00 bits per heavy atom. The van der Waals surface area contributed by atoms with Gasteiger partial charge in [0.1, 0.15) is 5.56 Å². The minimum absolute atomic E-state index is 0.00331. The summed E-state index contributed by atoms with van der Waals surface area (Å²) in [7, 11) is 0. The third-order valence-corrected chi connectivity index (χ3v) is 4.91. The van der Waals surface area contributed by atoms with E-state index >= 15 is 0 Å². The lowest BCUT2D eigenvalue weighted by Gasteiger charge is -2.23. The molecule has 1 amide bonds. The number of aryl methyl sites for hydroxylation is 1. The van der Waals surface area contributed by atoms with E-state index < -0.39 is 5.56 Å². The van der Waals surface area contributed by atoms with Gasteiger partial charge < -0.3 is 9.88 Å². The van der Waals surface area contributed by atoms with Gasteiger partial charge in [-0.15, -0.1) is 0 Å². The van der Waals surface area contributed by atoms with Crippen LogP contribution in [-0.4, -0.2) is 22.7 Å². The number of pyridine rings is 1. The molecule has 0 radical (unpaired) electrons. The molecule has 2 heterocycles. The molecule has 2 aromatic rings. The zero-order valence-electron chi connectivity index (χ0n) is 13.5. The van der Waals surface area contributed by atoms with Crippen LogP contribution in [0, 0.1) is 0 Å². The normalized spacial score (nSPS) is 19.1. The number of anilines is 1. The summed E-state index contributed by atoms with van der Waals surface area (Å²) in [6.45, 7) is 1.97. The fraction of sp³-hybridized carbons (Fsp3) is 0.316. The number of fused-ring (bicyclic) bond motifs is 2. The molecule has 0 saturated carbocycles. The predicted octanol–water partition coefficient (Wildman–Crippen LogP) is 2.49. The van der Waals surface area contributed by atoms with E-state index in [1.54, 1.807) is 4.90 Å². The minimum atomic E-state index is -0.412. The number of aromatic nitrogens is 1. The van der Waals surface area contributed by atoms with Crippen molar-refractivity contribution in [1.82, 2.24) is 4.98 Å². The maximum Gasteiger partial charge on any atom is 0.264 e. The minimum Gasteiger partial charge on any atom is -0.325 e. The maximum absolute atomic E-state index is 13.0. The molecule has 1 N–H and O–H groups in total. The number of rotatable bonds is 1. The molecule has 24 heavy (non-hydrogen) atoms. The van der Waals surface area contributed by atoms with Crippen molar-refractivity contribution in [2.45, 2.75) is 38.6 Å². The molecule has 4 rings (SSSR count). The Morgan fingerprint density at radius 3 is 2.83 bits per heavy atom. The van der Waals surface area contributed by atoms with Gasteiger partial charge in [-0.1, -0.05) is 18.2 Å². The van der Waals surface area contributed by atoms with Gasteiger partial charge in [-0.3, -0.25) is 14.4 Å². The van der Waals surface area contributed by atoms with Gasteiger partial charge in [-0.2, -0.15) is 0 Å². The summed E-state index contributed by atoms with van der Waals surface area (Å²) in [4.78, 5) is 41.9. The summed E-state index contributed by atoms with van der Waals surface area (Å²) in [6, 6.07) is 9.21. The van der Waals surface area contributed by atoms with E-state index in [2.05, 4.69) is 4.98 Å².